The summed E-state index contributed by atoms with van der Waals surface area (Å²) in [6.07, 6.45) is -5.81. The number of amides is 2. The van der Waals surface area contributed by atoms with E-state index in [0.717, 1.165) is 16.7 Å². The molecule has 2 fully saturated rings. The zero-order chi connectivity index (χ0) is 36.0. The predicted octanol–water partition coefficient (Wildman–Crippen LogP) is 7.95. The lowest BCUT2D eigenvalue weighted by Crippen LogP contribution is -2.46. The quantitative estimate of drug-likeness (QED) is 0.107. The number of alkyl halides is 6. The van der Waals surface area contributed by atoms with Crippen molar-refractivity contribution in [1.82, 2.24) is 4.98 Å². The number of anilines is 1. The molecular formula is C36H33BF6N2O5. The summed E-state index contributed by atoms with van der Waals surface area (Å²) in [6.45, 7) is 1.92. The number of carbonyl (C=O) groups excluding carboxylic acids is 2. The number of nitrogens with zero attached hydrogens (tertiary/aromatic N) is 2. The van der Waals surface area contributed by atoms with Crippen molar-refractivity contribution in [1.29, 1.82) is 0 Å². The third-order valence-electron chi connectivity index (χ3n) is 9.63. The molecule has 0 spiro atoms. The van der Waals surface area contributed by atoms with Gasteiger partial charge in [-0.1, -0.05) is 43.2 Å². The molecule has 1 aromatic heterocycles. The summed E-state index contributed by atoms with van der Waals surface area (Å²) < 4.78 is 88.3. The lowest BCUT2D eigenvalue weighted by atomic mass is 9.58. The smallest absolute Gasteiger partial charge is 0.455 e. The lowest BCUT2D eigenvalue weighted by molar-refractivity contribution is -0.143. The maximum absolute atomic E-state index is 14.0. The number of fused-ring (bicyclic) bond motifs is 3. The van der Waals surface area contributed by atoms with Crippen molar-refractivity contribution in [3.05, 3.63) is 100 Å². The number of rotatable bonds is 8. The van der Waals surface area contributed by atoms with Gasteiger partial charge in [-0.15, -0.1) is 0 Å². The number of benzene rings is 2. The van der Waals surface area contributed by atoms with E-state index in [9.17, 15) is 46.1 Å². The Hall–Kier alpha value is -4.43. The van der Waals surface area contributed by atoms with Crippen molar-refractivity contribution >= 4 is 36.3 Å². The van der Waals surface area contributed by atoms with Gasteiger partial charge in [0.2, 0.25) is 11.8 Å². The Balaban J connectivity index is 1.36. The zero-order valence-electron chi connectivity index (χ0n) is 26.8. The first-order valence-electron chi connectivity index (χ1n) is 16.3. The van der Waals surface area contributed by atoms with Gasteiger partial charge in [0, 0.05) is 11.8 Å². The monoisotopic (exact) mass is 698 g/mol. The Morgan fingerprint density at radius 3 is 2.28 bits per heavy atom. The van der Waals surface area contributed by atoms with Gasteiger partial charge < -0.3 is 14.8 Å². The normalized spacial score (nSPS) is 23.0. The second-order valence-electron chi connectivity index (χ2n) is 12.8. The van der Waals surface area contributed by atoms with Gasteiger partial charge in [-0.05, 0) is 91.5 Å². The first kappa shape index (κ1) is 35.4. The van der Waals surface area contributed by atoms with Crippen molar-refractivity contribution in [2.24, 2.45) is 17.8 Å². The van der Waals surface area contributed by atoms with Crippen LogP contribution in [-0.2, 0) is 26.6 Å². The van der Waals surface area contributed by atoms with E-state index in [2.05, 4.69) is 4.98 Å². The Morgan fingerprint density at radius 1 is 0.980 bits per heavy atom. The van der Waals surface area contributed by atoms with E-state index in [0.29, 0.717) is 54.0 Å². The van der Waals surface area contributed by atoms with Gasteiger partial charge in [0.15, 0.2) is 0 Å². The van der Waals surface area contributed by atoms with Gasteiger partial charge in [-0.25, -0.2) is 4.90 Å². The van der Waals surface area contributed by atoms with Crippen LogP contribution in [0.15, 0.2) is 78.0 Å². The summed E-state index contributed by atoms with van der Waals surface area (Å²) in [6, 6.07) is 12.9. The van der Waals surface area contributed by atoms with Gasteiger partial charge in [0.1, 0.15) is 5.75 Å². The fraction of sp³-hybridized carbons (Fsp3) is 0.361. The van der Waals surface area contributed by atoms with E-state index in [-0.39, 0.29) is 24.6 Å². The molecule has 3 aliphatic rings. The highest BCUT2D eigenvalue weighted by Gasteiger charge is 2.58. The molecule has 1 aliphatic carbocycles. The minimum atomic E-state index is -5.17. The third kappa shape index (κ3) is 6.95. The van der Waals surface area contributed by atoms with Gasteiger partial charge in [0.05, 0.1) is 40.4 Å². The Labute approximate surface area is 284 Å². The second-order valence-corrected chi connectivity index (χ2v) is 12.8. The molecule has 0 radical (unpaired) electrons. The molecule has 2 aliphatic heterocycles. The zero-order valence-corrected chi connectivity index (χ0v) is 26.8. The third-order valence-corrected chi connectivity index (χ3v) is 9.63. The number of pyridine rings is 1. The molecule has 3 aromatic rings. The largest absolute Gasteiger partial charge is 0.507 e. The molecular weight excluding hydrogens is 665 g/mol. The summed E-state index contributed by atoms with van der Waals surface area (Å²) in [7, 11) is -1.35. The maximum atomic E-state index is 14.0. The molecule has 2 amide bonds. The fourth-order valence-electron chi connectivity index (χ4n) is 7.54. The van der Waals surface area contributed by atoms with Crippen LogP contribution in [0.3, 0.4) is 0 Å². The number of halogens is 6. The van der Waals surface area contributed by atoms with Crippen molar-refractivity contribution in [2.75, 3.05) is 4.90 Å². The molecule has 2 N–H and O–H groups in total. The molecule has 4 atom stereocenters. The minimum Gasteiger partial charge on any atom is -0.507 e. The van der Waals surface area contributed by atoms with E-state index in [1.54, 1.807) is 42.6 Å². The number of hydrogen-bond donors (Lipinski definition) is 2. The average molecular weight is 698 g/mol. The SMILES string of the molecule is CCCC1=C2[C@@H](CC/C(=C/c3ccccc3O)c3ccccn3)OB(O)C[C@@H]2[C@@H]2C(=O)N(c3cc(C(F)(F)F)cc(C(F)(F)F)c3)C(=O)[C@@H]2C1. The molecule has 50 heavy (non-hydrogen) atoms. The topological polar surface area (TPSA) is 100.0 Å². The van der Waals surface area contributed by atoms with Crippen molar-refractivity contribution in [3.63, 3.8) is 0 Å². The van der Waals surface area contributed by atoms with E-state index in [1.165, 1.54) is 0 Å². The number of hydrogen-bond acceptors (Lipinski definition) is 6. The molecule has 2 aromatic carbocycles. The standard InChI is InChI=1S/C36H33BF6N2O5/c1-2-7-22-15-26-32(34(48)45(33(26)47)25-17-23(35(38,39)40)16-24(18-25)36(41,42)43)27-19-37(49)50-30(31(22)27)12-11-20(28-9-5-6-13-44-28)14-21-8-3-4-10-29(21)46/h3-6,8-10,13-14,16-18,26-27,30,32,46,49H,2,7,11-12,15,19H2,1H3/b20-14-/t26-,27+,30-,32-/m1/s1. The lowest BCUT2D eigenvalue weighted by Gasteiger charge is -2.43. The summed E-state index contributed by atoms with van der Waals surface area (Å²) >= 11 is 0. The number of imide groups is 1. The predicted molar refractivity (Wildman–Crippen MR) is 173 cm³/mol. The van der Waals surface area contributed by atoms with Crippen LogP contribution >= 0.6 is 0 Å². The Morgan fingerprint density at radius 2 is 1.66 bits per heavy atom. The van der Waals surface area contributed by atoms with Gasteiger partial charge in [-0.2, -0.15) is 26.3 Å². The van der Waals surface area contributed by atoms with Crippen LogP contribution in [-0.4, -0.2) is 40.2 Å². The van der Waals surface area contributed by atoms with Crippen LogP contribution < -0.4 is 4.90 Å². The number of para-hydroxylation sites is 1. The molecule has 0 unspecified atom stereocenters. The highest BCUT2D eigenvalue weighted by molar-refractivity contribution is 6.43. The summed E-state index contributed by atoms with van der Waals surface area (Å²) in [5, 5.41) is 21.4. The second kappa shape index (κ2) is 13.7. The van der Waals surface area contributed by atoms with Crippen molar-refractivity contribution < 1.29 is 50.7 Å². The first-order valence-corrected chi connectivity index (χ1v) is 16.3. The van der Waals surface area contributed by atoms with Gasteiger partial charge >= 0.3 is 19.5 Å². The Kier molecular flexibility index (Phi) is 9.71. The van der Waals surface area contributed by atoms with Crippen LogP contribution in [0.1, 0.15) is 61.4 Å². The Bertz CT molecular complexity index is 1810. The highest BCUT2D eigenvalue weighted by Crippen LogP contribution is 2.53. The van der Waals surface area contributed by atoms with Crippen LogP contribution in [0.25, 0.3) is 11.6 Å². The first-order chi connectivity index (χ1) is 23.7. The molecule has 14 heteroatoms. The molecule has 7 nitrogen and oxygen atoms in total. The van der Waals surface area contributed by atoms with Gasteiger partial charge in [-0.3, -0.25) is 14.6 Å². The minimum absolute atomic E-state index is 0.0488. The van der Waals surface area contributed by atoms with Crippen LogP contribution in [0.2, 0.25) is 6.32 Å². The molecule has 0 saturated carbocycles. The molecule has 2 saturated heterocycles. The molecule has 3 heterocycles. The summed E-state index contributed by atoms with van der Waals surface area (Å²) in [5.74, 6) is -4.60. The number of phenolic OH excluding ortho intramolecular Hbond substituents is 1. The number of allylic oxidation sites excluding steroid dienone is 2. The molecule has 6 rings (SSSR count). The van der Waals surface area contributed by atoms with Crippen molar-refractivity contribution in [2.45, 2.75) is 63.8 Å². The van der Waals surface area contributed by atoms with Gasteiger partial charge in [0.25, 0.3) is 0 Å². The number of aromatic hydroxyl groups is 1. The van der Waals surface area contributed by atoms with Crippen LogP contribution in [0.5, 0.6) is 5.75 Å². The number of carbonyl (C=O) groups is 2. The van der Waals surface area contributed by atoms with Crippen molar-refractivity contribution in [3.8, 4) is 5.75 Å². The average Bonchev–Trinajstić information content (AvgIpc) is 3.31. The summed E-state index contributed by atoms with van der Waals surface area (Å²) in [5.41, 5.74) is -0.569. The molecule has 262 valence electrons. The van der Waals surface area contributed by atoms with Crippen LogP contribution in [0, 0.1) is 17.8 Å². The maximum Gasteiger partial charge on any atom is 0.455 e. The van der Waals surface area contributed by atoms with E-state index in [1.807, 2.05) is 19.1 Å². The highest BCUT2D eigenvalue weighted by atomic mass is 19.4. The fourth-order valence-corrected chi connectivity index (χ4v) is 7.54. The molecule has 0 bridgehead atoms. The van der Waals surface area contributed by atoms with Crippen LogP contribution in [0.4, 0.5) is 32.0 Å². The van der Waals surface area contributed by atoms with E-state index < -0.39 is 72.0 Å². The number of aromatic nitrogens is 1. The summed E-state index contributed by atoms with van der Waals surface area (Å²) in [4.78, 5) is 32.8. The van der Waals surface area contributed by atoms with E-state index >= 15 is 0 Å². The van der Waals surface area contributed by atoms with E-state index in [4.69, 9.17) is 4.65 Å². The number of phenols is 1.